The largest absolute Gasteiger partial charge is 0.375 e. The summed E-state index contributed by atoms with van der Waals surface area (Å²) < 4.78 is 0. The highest BCUT2D eigenvalue weighted by Gasteiger charge is 1.92. The van der Waals surface area contributed by atoms with Crippen LogP contribution in [0.2, 0.25) is 0 Å². The van der Waals surface area contributed by atoms with Crippen LogP contribution >= 0.6 is 11.3 Å². The lowest BCUT2D eigenvalue weighted by Crippen LogP contribution is -1.81. The molecular weight excluding hydrogens is 192 g/mol. The number of benzene rings is 1. The fraction of sp³-hybridized carbons (Fsp3) is 0. The Balaban J connectivity index is 2.23. The van der Waals surface area contributed by atoms with Crippen molar-refractivity contribution in [2.75, 3.05) is 5.73 Å². The van der Waals surface area contributed by atoms with E-state index in [0.29, 0.717) is 5.13 Å². The third-order valence-corrected chi connectivity index (χ3v) is 2.30. The highest BCUT2D eigenvalue weighted by atomic mass is 32.1. The molecule has 0 spiro atoms. The van der Waals surface area contributed by atoms with Crippen LogP contribution in [0.15, 0.2) is 35.7 Å². The summed E-state index contributed by atoms with van der Waals surface area (Å²) in [6, 6.07) is 9.80. The molecule has 0 fully saturated rings. The van der Waals surface area contributed by atoms with E-state index in [9.17, 15) is 0 Å². The lowest BCUT2D eigenvalue weighted by molar-refractivity contribution is 1.38. The summed E-state index contributed by atoms with van der Waals surface area (Å²) in [6.45, 7) is 0. The van der Waals surface area contributed by atoms with E-state index in [1.54, 1.807) is 0 Å². The molecule has 0 saturated carbocycles. The average Bonchev–Trinajstić information content (AvgIpc) is 2.63. The Morgan fingerprint density at radius 2 is 1.93 bits per heavy atom. The standard InChI is InChI=1S/C11H8N2S/c12-11-13-10(8-14-11)7-6-9-4-2-1-3-5-9/h1-5,8H,(H2,12,13). The van der Waals surface area contributed by atoms with Gasteiger partial charge < -0.3 is 5.73 Å². The zero-order chi connectivity index (χ0) is 9.80. The van der Waals surface area contributed by atoms with Crippen molar-refractivity contribution >= 4 is 16.5 Å². The first kappa shape index (κ1) is 8.79. The number of nitrogens with two attached hydrogens (primary N) is 1. The molecule has 2 aromatic rings. The maximum atomic E-state index is 5.49. The predicted octanol–water partition coefficient (Wildman–Crippen LogP) is 2.13. The molecule has 14 heavy (non-hydrogen) atoms. The molecular formula is C11H8N2S. The molecule has 0 bridgehead atoms. The van der Waals surface area contributed by atoms with Crippen LogP contribution in [0.3, 0.4) is 0 Å². The maximum absolute atomic E-state index is 5.49. The van der Waals surface area contributed by atoms with E-state index in [-0.39, 0.29) is 0 Å². The van der Waals surface area contributed by atoms with Crippen molar-refractivity contribution in [3.8, 4) is 11.8 Å². The van der Waals surface area contributed by atoms with Crippen molar-refractivity contribution in [1.82, 2.24) is 4.98 Å². The fourth-order valence-electron chi connectivity index (χ4n) is 1.00. The van der Waals surface area contributed by atoms with E-state index >= 15 is 0 Å². The third kappa shape index (κ3) is 2.12. The maximum Gasteiger partial charge on any atom is 0.181 e. The van der Waals surface area contributed by atoms with Crippen molar-refractivity contribution in [2.45, 2.75) is 0 Å². The second-order valence-corrected chi connectivity index (χ2v) is 3.58. The molecule has 0 aliphatic carbocycles. The smallest absolute Gasteiger partial charge is 0.181 e. The van der Waals surface area contributed by atoms with E-state index in [0.717, 1.165) is 11.3 Å². The van der Waals surface area contributed by atoms with Crippen LogP contribution in [-0.2, 0) is 0 Å². The molecule has 0 atom stereocenters. The van der Waals surface area contributed by atoms with Gasteiger partial charge in [-0.05, 0) is 18.1 Å². The Morgan fingerprint density at radius 1 is 1.14 bits per heavy atom. The van der Waals surface area contributed by atoms with Crippen LogP contribution in [0.1, 0.15) is 11.3 Å². The van der Waals surface area contributed by atoms with Crippen LogP contribution < -0.4 is 5.73 Å². The molecule has 1 aromatic carbocycles. The van der Waals surface area contributed by atoms with Gasteiger partial charge in [-0.15, -0.1) is 11.3 Å². The molecule has 0 amide bonds. The first-order chi connectivity index (χ1) is 6.84. The second-order valence-electron chi connectivity index (χ2n) is 2.69. The summed E-state index contributed by atoms with van der Waals surface area (Å²) in [5, 5.41) is 2.41. The quantitative estimate of drug-likeness (QED) is 0.662. The fourth-order valence-corrected chi connectivity index (χ4v) is 1.50. The van der Waals surface area contributed by atoms with Crippen LogP contribution in [0.5, 0.6) is 0 Å². The molecule has 0 saturated heterocycles. The third-order valence-electron chi connectivity index (χ3n) is 1.63. The number of thiazole rings is 1. The Morgan fingerprint density at radius 3 is 2.57 bits per heavy atom. The van der Waals surface area contributed by atoms with Crippen LogP contribution in [0, 0.1) is 11.8 Å². The molecule has 2 N–H and O–H groups in total. The predicted molar refractivity (Wildman–Crippen MR) is 58.9 cm³/mol. The molecule has 2 nitrogen and oxygen atoms in total. The molecule has 1 heterocycles. The highest BCUT2D eigenvalue weighted by Crippen LogP contribution is 2.09. The first-order valence-electron chi connectivity index (χ1n) is 4.13. The number of nitrogens with zero attached hydrogens (tertiary/aromatic N) is 1. The topological polar surface area (TPSA) is 38.9 Å². The van der Waals surface area contributed by atoms with Gasteiger partial charge in [0.25, 0.3) is 0 Å². The summed E-state index contributed by atoms with van der Waals surface area (Å²) in [4.78, 5) is 4.05. The zero-order valence-electron chi connectivity index (χ0n) is 7.40. The van der Waals surface area contributed by atoms with Gasteiger partial charge in [0.05, 0.1) is 0 Å². The minimum Gasteiger partial charge on any atom is -0.375 e. The summed E-state index contributed by atoms with van der Waals surface area (Å²) in [5.41, 5.74) is 7.21. The minimum absolute atomic E-state index is 0.558. The molecule has 0 aliphatic heterocycles. The SMILES string of the molecule is Nc1nc(C#Cc2ccccc2)cs1. The molecule has 1 aromatic heterocycles. The summed E-state index contributed by atoms with van der Waals surface area (Å²) in [5.74, 6) is 5.96. The lowest BCUT2D eigenvalue weighted by Gasteiger charge is -1.85. The van der Waals surface area contributed by atoms with Crippen LogP contribution in [0.25, 0.3) is 0 Å². The Hall–Kier alpha value is -1.79. The average molecular weight is 200 g/mol. The van der Waals surface area contributed by atoms with Crippen molar-refractivity contribution < 1.29 is 0 Å². The minimum atomic E-state index is 0.558. The van der Waals surface area contributed by atoms with Gasteiger partial charge in [0.2, 0.25) is 0 Å². The number of hydrogen-bond donors (Lipinski definition) is 1. The summed E-state index contributed by atoms with van der Waals surface area (Å²) in [7, 11) is 0. The van der Waals surface area contributed by atoms with Gasteiger partial charge in [-0.1, -0.05) is 24.1 Å². The number of aromatic nitrogens is 1. The van der Waals surface area contributed by atoms with E-state index < -0.39 is 0 Å². The van der Waals surface area contributed by atoms with Gasteiger partial charge in [-0.3, -0.25) is 0 Å². The van der Waals surface area contributed by atoms with Crippen molar-refractivity contribution in [3.05, 3.63) is 47.0 Å². The zero-order valence-corrected chi connectivity index (χ0v) is 8.21. The van der Waals surface area contributed by atoms with Gasteiger partial charge in [0, 0.05) is 10.9 Å². The van der Waals surface area contributed by atoms with Crippen molar-refractivity contribution in [1.29, 1.82) is 0 Å². The Kier molecular flexibility index (Phi) is 2.48. The summed E-state index contributed by atoms with van der Waals surface area (Å²) >= 11 is 1.40. The van der Waals surface area contributed by atoms with E-state index in [1.165, 1.54) is 11.3 Å². The van der Waals surface area contributed by atoms with Crippen molar-refractivity contribution in [3.63, 3.8) is 0 Å². The number of anilines is 1. The molecule has 0 aliphatic rings. The molecule has 2 rings (SSSR count). The Bertz CT molecular complexity index is 477. The van der Waals surface area contributed by atoms with E-state index in [1.807, 2.05) is 35.7 Å². The summed E-state index contributed by atoms with van der Waals surface area (Å²) in [6.07, 6.45) is 0. The molecule has 68 valence electrons. The van der Waals surface area contributed by atoms with Crippen molar-refractivity contribution in [2.24, 2.45) is 0 Å². The number of rotatable bonds is 0. The van der Waals surface area contributed by atoms with Gasteiger partial charge >= 0.3 is 0 Å². The van der Waals surface area contributed by atoms with Gasteiger partial charge in [0.1, 0.15) is 5.69 Å². The number of nitrogen functional groups attached to an aromatic ring is 1. The first-order valence-corrected chi connectivity index (χ1v) is 5.00. The monoisotopic (exact) mass is 200 g/mol. The van der Waals surface area contributed by atoms with Crippen LogP contribution in [-0.4, -0.2) is 4.98 Å². The molecule has 3 heteroatoms. The lowest BCUT2D eigenvalue weighted by atomic mass is 10.2. The Labute approximate surface area is 86.4 Å². The van der Waals surface area contributed by atoms with E-state index in [2.05, 4.69) is 16.8 Å². The van der Waals surface area contributed by atoms with E-state index in [4.69, 9.17) is 5.73 Å². The van der Waals surface area contributed by atoms with Crippen LogP contribution in [0.4, 0.5) is 5.13 Å². The van der Waals surface area contributed by atoms with Gasteiger partial charge in [0.15, 0.2) is 5.13 Å². The number of hydrogen-bond acceptors (Lipinski definition) is 3. The van der Waals surface area contributed by atoms with Gasteiger partial charge in [-0.2, -0.15) is 0 Å². The molecule has 0 radical (unpaired) electrons. The van der Waals surface area contributed by atoms with Gasteiger partial charge in [-0.25, -0.2) is 4.98 Å². The normalized spacial score (nSPS) is 9.14. The highest BCUT2D eigenvalue weighted by molar-refractivity contribution is 7.13. The second kappa shape index (κ2) is 3.95. The molecule has 0 unspecified atom stereocenters.